The van der Waals surface area contributed by atoms with Crippen molar-refractivity contribution in [3.8, 4) is 0 Å². The highest BCUT2D eigenvalue weighted by Crippen LogP contribution is 2.44. The van der Waals surface area contributed by atoms with Crippen LogP contribution in [0.2, 0.25) is 0 Å². The lowest BCUT2D eigenvalue weighted by atomic mass is 9.91. The molecule has 3 fully saturated rings. The molecular weight excluding hydrogens is 248 g/mol. The number of carbonyl (C=O) groups excluding carboxylic acids is 1. The predicted octanol–water partition coefficient (Wildman–Crippen LogP) is 3.44. The fourth-order valence-corrected chi connectivity index (χ4v) is 4.72. The third-order valence-electron chi connectivity index (χ3n) is 5.78. The Bertz CT molecular complexity index is 384. The summed E-state index contributed by atoms with van der Waals surface area (Å²) < 4.78 is 0. The van der Waals surface area contributed by atoms with Gasteiger partial charge in [-0.1, -0.05) is 40.0 Å². The fraction of sp³-hybridized carbons (Fsp3) is 0.941. The van der Waals surface area contributed by atoms with Crippen LogP contribution in [-0.2, 0) is 4.79 Å². The van der Waals surface area contributed by atoms with Crippen molar-refractivity contribution in [2.24, 2.45) is 5.41 Å². The summed E-state index contributed by atoms with van der Waals surface area (Å²) in [6, 6.07) is 0.474. The molecule has 0 radical (unpaired) electrons. The van der Waals surface area contributed by atoms with Crippen molar-refractivity contribution in [2.45, 2.75) is 96.3 Å². The van der Waals surface area contributed by atoms with Gasteiger partial charge in [-0.3, -0.25) is 10.1 Å². The molecule has 1 N–H and O–H groups in total. The highest BCUT2D eigenvalue weighted by atomic mass is 16.2. The van der Waals surface area contributed by atoms with E-state index in [0.29, 0.717) is 23.5 Å². The Morgan fingerprint density at radius 2 is 1.95 bits per heavy atom. The quantitative estimate of drug-likeness (QED) is 0.857. The van der Waals surface area contributed by atoms with Gasteiger partial charge < -0.3 is 4.90 Å². The van der Waals surface area contributed by atoms with Crippen molar-refractivity contribution in [1.29, 1.82) is 0 Å². The van der Waals surface area contributed by atoms with E-state index in [1.807, 2.05) is 0 Å². The third kappa shape index (κ3) is 2.28. The second-order valence-corrected chi connectivity index (χ2v) is 8.01. The first kappa shape index (κ1) is 14.4. The van der Waals surface area contributed by atoms with Crippen molar-refractivity contribution < 1.29 is 4.79 Å². The minimum Gasteiger partial charge on any atom is -0.323 e. The number of hydrogen-bond donors (Lipinski definition) is 1. The highest BCUT2D eigenvalue weighted by Gasteiger charge is 2.54. The number of rotatable bonds is 3. The molecule has 1 amide bonds. The predicted molar refractivity (Wildman–Crippen MR) is 81.3 cm³/mol. The zero-order valence-corrected chi connectivity index (χ0v) is 13.4. The van der Waals surface area contributed by atoms with Crippen LogP contribution in [0.1, 0.15) is 78.6 Å². The normalized spacial score (nSPS) is 35.4. The summed E-state index contributed by atoms with van der Waals surface area (Å²) in [6.45, 7) is 6.92. The van der Waals surface area contributed by atoms with E-state index in [-0.39, 0.29) is 5.54 Å². The van der Waals surface area contributed by atoms with Crippen molar-refractivity contribution in [2.75, 3.05) is 0 Å². The molecule has 3 rings (SSSR count). The molecule has 3 aliphatic rings. The average Bonchev–Trinajstić information content (AvgIpc) is 3.03. The Kier molecular flexibility index (Phi) is 3.60. The molecule has 3 nitrogen and oxygen atoms in total. The smallest absolute Gasteiger partial charge is 0.244 e. The molecule has 0 bridgehead atoms. The maximum absolute atomic E-state index is 13.1. The first-order valence-corrected chi connectivity index (χ1v) is 8.58. The van der Waals surface area contributed by atoms with Crippen molar-refractivity contribution in [1.82, 2.24) is 10.2 Å². The second-order valence-electron chi connectivity index (χ2n) is 8.01. The van der Waals surface area contributed by atoms with E-state index in [4.69, 9.17) is 0 Å². The van der Waals surface area contributed by atoms with Gasteiger partial charge in [-0.05, 0) is 43.9 Å². The van der Waals surface area contributed by atoms with Crippen LogP contribution < -0.4 is 5.32 Å². The van der Waals surface area contributed by atoms with E-state index in [2.05, 4.69) is 31.0 Å². The van der Waals surface area contributed by atoms with Crippen LogP contribution in [0.4, 0.5) is 0 Å². The maximum atomic E-state index is 13.1. The Hall–Kier alpha value is -0.570. The van der Waals surface area contributed by atoms with Gasteiger partial charge in [0.2, 0.25) is 5.91 Å². The zero-order chi connectivity index (χ0) is 14.4. The van der Waals surface area contributed by atoms with Crippen LogP contribution in [0.25, 0.3) is 0 Å². The van der Waals surface area contributed by atoms with E-state index in [9.17, 15) is 4.79 Å². The van der Waals surface area contributed by atoms with Gasteiger partial charge in [0.05, 0.1) is 11.7 Å². The van der Waals surface area contributed by atoms with Gasteiger partial charge in [0.15, 0.2) is 0 Å². The number of nitrogens with zero attached hydrogens (tertiary/aromatic N) is 1. The average molecular weight is 278 g/mol. The van der Waals surface area contributed by atoms with Crippen LogP contribution in [0.15, 0.2) is 0 Å². The molecule has 2 saturated carbocycles. The van der Waals surface area contributed by atoms with Gasteiger partial charge in [-0.25, -0.2) is 0 Å². The lowest BCUT2D eigenvalue weighted by molar-refractivity contribution is -0.135. The summed E-state index contributed by atoms with van der Waals surface area (Å²) >= 11 is 0. The van der Waals surface area contributed by atoms with Crippen molar-refractivity contribution in [3.05, 3.63) is 0 Å². The number of carbonyl (C=O) groups is 1. The van der Waals surface area contributed by atoms with E-state index in [1.54, 1.807) is 0 Å². The van der Waals surface area contributed by atoms with E-state index in [0.717, 1.165) is 25.7 Å². The number of nitrogens with one attached hydrogen (secondary N) is 1. The first-order chi connectivity index (χ1) is 9.47. The van der Waals surface area contributed by atoms with Crippen LogP contribution in [0.3, 0.4) is 0 Å². The van der Waals surface area contributed by atoms with Crippen LogP contribution in [0.5, 0.6) is 0 Å². The summed E-state index contributed by atoms with van der Waals surface area (Å²) in [7, 11) is 0. The van der Waals surface area contributed by atoms with Crippen LogP contribution in [0, 0.1) is 5.41 Å². The fourth-order valence-electron chi connectivity index (χ4n) is 4.72. The first-order valence-electron chi connectivity index (χ1n) is 8.58. The number of amides is 1. The molecule has 3 heteroatoms. The maximum Gasteiger partial charge on any atom is 0.244 e. The molecule has 0 aromatic heterocycles. The molecule has 1 saturated heterocycles. The Morgan fingerprint density at radius 3 is 2.50 bits per heavy atom. The molecule has 1 aliphatic heterocycles. The Balaban J connectivity index is 1.81. The SMILES string of the molecule is CCCC1NC2(CCCC2)C(=O)N1C1CCC(C)(C)C1. The van der Waals surface area contributed by atoms with Gasteiger partial charge in [0, 0.05) is 6.04 Å². The van der Waals surface area contributed by atoms with Crippen molar-refractivity contribution >= 4 is 5.91 Å². The summed E-state index contributed by atoms with van der Waals surface area (Å²) in [5, 5.41) is 3.75. The molecule has 114 valence electrons. The van der Waals surface area contributed by atoms with E-state index < -0.39 is 0 Å². The molecule has 0 aromatic rings. The van der Waals surface area contributed by atoms with E-state index >= 15 is 0 Å². The zero-order valence-electron chi connectivity index (χ0n) is 13.4. The Labute approximate surface area is 123 Å². The molecule has 2 atom stereocenters. The minimum absolute atomic E-state index is 0.188. The molecule has 1 heterocycles. The standard InChI is InChI=1S/C17H30N2O/c1-4-7-14-18-17(9-5-6-10-17)15(20)19(14)13-8-11-16(2,3)12-13/h13-14,18H,4-12H2,1-3H3. The summed E-state index contributed by atoms with van der Waals surface area (Å²) in [5.74, 6) is 0.427. The molecule has 1 spiro atoms. The van der Waals surface area contributed by atoms with Gasteiger partial charge in [-0.15, -0.1) is 0 Å². The lowest BCUT2D eigenvalue weighted by Crippen LogP contribution is -2.45. The highest BCUT2D eigenvalue weighted by molar-refractivity contribution is 5.89. The third-order valence-corrected chi connectivity index (χ3v) is 5.78. The Morgan fingerprint density at radius 1 is 1.25 bits per heavy atom. The molecule has 2 aliphatic carbocycles. The largest absolute Gasteiger partial charge is 0.323 e. The van der Waals surface area contributed by atoms with E-state index in [1.165, 1.54) is 32.1 Å². The van der Waals surface area contributed by atoms with Crippen LogP contribution in [-0.4, -0.2) is 28.6 Å². The minimum atomic E-state index is -0.188. The molecular formula is C17H30N2O. The van der Waals surface area contributed by atoms with Gasteiger partial charge in [0.1, 0.15) is 0 Å². The molecule has 2 unspecified atom stereocenters. The van der Waals surface area contributed by atoms with Gasteiger partial charge in [0.25, 0.3) is 0 Å². The van der Waals surface area contributed by atoms with Crippen molar-refractivity contribution in [3.63, 3.8) is 0 Å². The lowest BCUT2D eigenvalue weighted by Gasteiger charge is -2.31. The monoisotopic (exact) mass is 278 g/mol. The summed E-state index contributed by atoms with van der Waals surface area (Å²) in [4.78, 5) is 15.3. The molecule has 20 heavy (non-hydrogen) atoms. The second kappa shape index (κ2) is 5.01. The summed E-state index contributed by atoms with van der Waals surface area (Å²) in [6.07, 6.45) is 10.7. The topological polar surface area (TPSA) is 32.3 Å². The summed E-state index contributed by atoms with van der Waals surface area (Å²) in [5.41, 5.74) is 0.222. The van der Waals surface area contributed by atoms with Gasteiger partial charge in [-0.2, -0.15) is 0 Å². The van der Waals surface area contributed by atoms with Crippen LogP contribution >= 0.6 is 0 Å². The molecule has 0 aromatic carbocycles. The van der Waals surface area contributed by atoms with Gasteiger partial charge >= 0.3 is 0 Å². The number of hydrogen-bond acceptors (Lipinski definition) is 2.